The van der Waals surface area contributed by atoms with E-state index >= 15 is 0 Å². The maximum absolute atomic E-state index is 13.4. The average molecular weight is 458 g/mol. The Bertz CT molecular complexity index is 1610. The van der Waals surface area contributed by atoms with Crippen LogP contribution in [0.4, 0.5) is 0 Å². The molecule has 0 saturated heterocycles. The first-order valence-corrected chi connectivity index (χ1v) is 11.1. The molecule has 0 aliphatic carbocycles. The molecule has 8 heteroatoms. The van der Waals surface area contributed by atoms with Gasteiger partial charge in [0.15, 0.2) is 11.5 Å². The summed E-state index contributed by atoms with van der Waals surface area (Å²) in [5.74, 6) is 1.33. The summed E-state index contributed by atoms with van der Waals surface area (Å²) in [7, 11) is 5.01. The molecule has 0 spiro atoms. The van der Waals surface area contributed by atoms with Crippen LogP contribution < -0.4 is 15.2 Å². The van der Waals surface area contributed by atoms with Crippen molar-refractivity contribution in [2.24, 2.45) is 7.05 Å². The van der Waals surface area contributed by atoms with Crippen molar-refractivity contribution in [2.45, 2.75) is 26.8 Å². The van der Waals surface area contributed by atoms with Crippen molar-refractivity contribution in [1.29, 1.82) is 0 Å². The van der Waals surface area contributed by atoms with E-state index in [-0.39, 0.29) is 11.7 Å². The molecule has 0 radical (unpaired) electrons. The summed E-state index contributed by atoms with van der Waals surface area (Å²) in [4.78, 5) is 18.0. The van der Waals surface area contributed by atoms with Crippen LogP contribution in [-0.4, -0.2) is 38.1 Å². The second kappa shape index (κ2) is 8.06. The minimum atomic E-state index is -0.132. The van der Waals surface area contributed by atoms with Crippen molar-refractivity contribution < 1.29 is 9.47 Å². The molecule has 174 valence electrons. The minimum Gasteiger partial charge on any atom is -0.493 e. The average Bonchev–Trinajstić information content (AvgIpc) is 3.35. The Kier molecular flexibility index (Phi) is 5.16. The number of hydrogen-bond acceptors (Lipinski definition) is 5. The molecular formula is C26H27N5O3. The smallest absolute Gasteiger partial charge is 0.333 e. The van der Waals surface area contributed by atoms with Crippen LogP contribution in [-0.2, 0) is 7.05 Å². The Labute approximate surface area is 197 Å². The Morgan fingerprint density at radius 1 is 0.971 bits per heavy atom. The van der Waals surface area contributed by atoms with E-state index in [0.29, 0.717) is 11.5 Å². The standard InChI is InChI=1S/C26H27N5O3/c1-15(2)30-14-22(16(3)28-30)31-25-19-11-17(18-8-10-23(33-5)24(12-18)34-6)7-9-20(19)27-13-21(25)29(4)26(31)32/h7-15H,1-6H3. The summed E-state index contributed by atoms with van der Waals surface area (Å²) >= 11 is 0. The lowest BCUT2D eigenvalue weighted by Gasteiger charge is -2.11. The maximum Gasteiger partial charge on any atom is 0.333 e. The number of fused-ring (bicyclic) bond motifs is 3. The van der Waals surface area contributed by atoms with E-state index in [0.717, 1.165) is 44.4 Å². The topological polar surface area (TPSA) is 76.1 Å². The Hall–Kier alpha value is -4.07. The van der Waals surface area contributed by atoms with Crippen LogP contribution in [0.5, 0.6) is 11.5 Å². The predicted molar refractivity (Wildman–Crippen MR) is 133 cm³/mol. The van der Waals surface area contributed by atoms with Gasteiger partial charge in [-0.1, -0.05) is 12.1 Å². The SMILES string of the molecule is COc1ccc(-c2ccc3ncc4c(c3c2)n(-c2cn(C(C)C)nc2C)c(=O)n4C)cc1OC. The fourth-order valence-corrected chi connectivity index (χ4v) is 4.37. The highest BCUT2D eigenvalue weighted by atomic mass is 16.5. The highest BCUT2D eigenvalue weighted by molar-refractivity contribution is 6.04. The van der Waals surface area contributed by atoms with Crippen LogP contribution >= 0.6 is 0 Å². The van der Waals surface area contributed by atoms with E-state index in [1.54, 1.807) is 36.6 Å². The molecule has 34 heavy (non-hydrogen) atoms. The lowest BCUT2D eigenvalue weighted by Crippen LogP contribution is -2.21. The summed E-state index contributed by atoms with van der Waals surface area (Å²) in [6.07, 6.45) is 3.69. The van der Waals surface area contributed by atoms with Crippen molar-refractivity contribution in [1.82, 2.24) is 23.9 Å². The first-order valence-electron chi connectivity index (χ1n) is 11.1. The Morgan fingerprint density at radius 3 is 2.35 bits per heavy atom. The lowest BCUT2D eigenvalue weighted by molar-refractivity contribution is 0.355. The lowest BCUT2D eigenvalue weighted by atomic mass is 10.0. The number of ether oxygens (including phenoxy) is 2. The van der Waals surface area contributed by atoms with Gasteiger partial charge >= 0.3 is 5.69 Å². The monoisotopic (exact) mass is 457 g/mol. The van der Waals surface area contributed by atoms with Gasteiger partial charge in [-0.05, 0) is 56.2 Å². The number of methoxy groups -OCH3 is 2. The van der Waals surface area contributed by atoms with Gasteiger partial charge in [0.1, 0.15) is 0 Å². The molecule has 0 bridgehead atoms. The molecule has 0 aliphatic heterocycles. The zero-order valence-corrected chi connectivity index (χ0v) is 20.2. The normalized spacial score (nSPS) is 11.6. The quantitative estimate of drug-likeness (QED) is 0.384. The summed E-state index contributed by atoms with van der Waals surface area (Å²) in [5, 5.41) is 5.52. The number of aromatic nitrogens is 5. The van der Waals surface area contributed by atoms with E-state index in [1.165, 1.54) is 0 Å². The molecule has 0 atom stereocenters. The second-order valence-corrected chi connectivity index (χ2v) is 8.64. The number of nitrogens with zero attached hydrogens (tertiary/aromatic N) is 5. The number of aryl methyl sites for hydroxylation is 2. The predicted octanol–water partition coefficient (Wildman–Crippen LogP) is 4.65. The molecule has 0 saturated carbocycles. The van der Waals surface area contributed by atoms with E-state index in [9.17, 15) is 4.79 Å². The van der Waals surface area contributed by atoms with Gasteiger partial charge in [0.25, 0.3) is 0 Å². The minimum absolute atomic E-state index is 0.132. The first kappa shape index (κ1) is 21.8. The summed E-state index contributed by atoms with van der Waals surface area (Å²) in [5.41, 5.74) is 5.78. The van der Waals surface area contributed by atoms with E-state index in [1.807, 2.05) is 48.1 Å². The summed E-state index contributed by atoms with van der Waals surface area (Å²) < 4.78 is 16.1. The molecule has 5 aromatic rings. The van der Waals surface area contributed by atoms with E-state index in [2.05, 4.69) is 30.0 Å². The number of hydrogen-bond donors (Lipinski definition) is 0. The van der Waals surface area contributed by atoms with Gasteiger partial charge < -0.3 is 9.47 Å². The van der Waals surface area contributed by atoms with Crippen LogP contribution in [0.3, 0.4) is 0 Å². The number of imidazole rings is 1. The van der Waals surface area contributed by atoms with Crippen molar-refractivity contribution >= 4 is 21.9 Å². The van der Waals surface area contributed by atoms with Crippen LogP contribution in [0.2, 0.25) is 0 Å². The van der Waals surface area contributed by atoms with Crippen LogP contribution in [0.1, 0.15) is 25.6 Å². The van der Waals surface area contributed by atoms with Crippen LogP contribution in [0.15, 0.2) is 53.6 Å². The third-order valence-corrected chi connectivity index (χ3v) is 6.26. The van der Waals surface area contributed by atoms with Crippen molar-refractivity contribution in [3.63, 3.8) is 0 Å². The fourth-order valence-electron chi connectivity index (χ4n) is 4.37. The number of pyridine rings is 1. The molecular weight excluding hydrogens is 430 g/mol. The molecule has 8 nitrogen and oxygen atoms in total. The van der Waals surface area contributed by atoms with E-state index in [4.69, 9.17) is 9.47 Å². The third kappa shape index (κ3) is 3.25. The van der Waals surface area contributed by atoms with Gasteiger partial charge in [0, 0.05) is 24.7 Å². The number of rotatable bonds is 5. The molecule has 0 N–H and O–H groups in total. The van der Waals surface area contributed by atoms with Gasteiger partial charge in [0.2, 0.25) is 0 Å². The summed E-state index contributed by atoms with van der Waals surface area (Å²) in [6, 6.07) is 12.1. The largest absolute Gasteiger partial charge is 0.493 e. The van der Waals surface area contributed by atoms with Gasteiger partial charge in [-0.25, -0.2) is 4.79 Å². The molecule has 0 unspecified atom stereocenters. The first-order chi connectivity index (χ1) is 16.3. The highest BCUT2D eigenvalue weighted by Gasteiger charge is 2.20. The van der Waals surface area contributed by atoms with Crippen LogP contribution in [0, 0.1) is 6.92 Å². The molecule has 0 amide bonds. The van der Waals surface area contributed by atoms with Gasteiger partial charge in [-0.2, -0.15) is 5.10 Å². The zero-order valence-electron chi connectivity index (χ0n) is 20.2. The van der Waals surface area contributed by atoms with Crippen molar-refractivity contribution in [2.75, 3.05) is 14.2 Å². The Morgan fingerprint density at radius 2 is 1.68 bits per heavy atom. The van der Waals surface area contributed by atoms with Crippen LogP contribution in [0.25, 0.3) is 38.8 Å². The highest BCUT2D eigenvalue weighted by Crippen LogP contribution is 2.35. The molecule has 2 aromatic carbocycles. The van der Waals surface area contributed by atoms with Gasteiger partial charge in [0.05, 0.1) is 48.3 Å². The molecule has 0 aliphatic rings. The molecule has 0 fully saturated rings. The Balaban J connectivity index is 1.81. The number of benzene rings is 2. The molecule has 3 heterocycles. The maximum atomic E-state index is 13.4. The van der Waals surface area contributed by atoms with E-state index < -0.39 is 0 Å². The molecule has 3 aromatic heterocycles. The summed E-state index contributed by atoms with van der Waals surface area (Å²) in [6.45, 7) is 6.06. The van der Waals surface area contributed by atoms with Crippen molar-refractivity contribution in [3.8, 4) is 28.3 Å². The zero-order chi connectivity index (χ0) is 24.1. The van der Waals surface area contributed by atoms with Crippen molar-refractivity contribution in [3.05, 3.63) is 65.0 Å². The van der Waals surface area contributed by atoms with Gasteiger partial charge in [-0.3, -0.25) is 18.8 Å². The van der Waals surface area contributed by atoms with Gasteiger partial charge in [-0.15, -0.1) is 0 Å². The molecule has 5 rings (SSSR count). The second-order valence-electron chi connectivity index (χ2n) is 8.64. The fraction of sp³-hybridized carbons (Fsp3) is 0.269. The third-order valence-electron chi connectivity index (χ3n) is 6.26.